The van der Waals surface area contributed by atoms with Crippen LogP contribution in [0, 0.1) is 0 Å². The van der Waals surface area contributed by atoms with Gasteiger partial charge in [0.15, 0.2) is 20.7 Å². The van der Waals surface area contributed by atoms with E-state index in [0.717, 1.165) is 14.9 Å². The minimum absolute atomic E-state index is 0.0713. The van der Waals surface area contributed by atoms with Gasteiger partial charge in [-0.3, -0.25) is 14.3 Å². The molecule has 2 aromatic carbocycles. The zero-order valence-corrected chi connectivity index (χ0v) is 29.1. The first kappa shape index (κ1) is 33.5. The van der Waals surface area contributed by atoms with Gasteiger partial charge in [0.1, 0.15) is 11.7 Å². The summed E-state index contributed by atoms with van der Waals surface area (Å²) in [5.74, 6) is -0.139. The van der Waals surface area contributed by atoms with E-state index in [2.05, 4.69) is 70.8 Å². The highest BCUT2D eigenvalue weighted by atomic mass is 35.5. The Bertz CT molecular complexity index is 1460. The Labute approximate surface area is 260 Å². The van der Waals surface area contributed by atoms with E-state index in [1.54, 1.807) is 0 Å². The summed E-state index contributed by atoms with van der Waals surface area (Å²) in [7, 11) is -5.65. The summed E-state index contributed by atoms with van der Waals surface area (Å²) in [5.41, 5.74) is -2.80. The Kier molecular flexibility index (Phi) is 9.53. The molecule has 3 aromatic rings. The normalized spacial score (nSPS) is 23.4. The van der Waals surface area contributed by atoms with E-state index in [4.69, 9.17) is 25.2 Å². The van der Waals surface area contributed by atoms with E-state index >= 15 is 4.39 Å². The van der Waals surface area contributed by atoms with Gasteiger partial charge in [0.25, 0.3) is 13.9 Å². The standard InChI is InChI=1S/C32H44ClFN2O5Si2/c1-30(2,3)42(7,8)41-27-26(34)28(36-20-19-25(37)35-29(36)38)40-32(27,21-33)22-39-43(31(4,5)6,23-15-11-9-12-16-23)24-17-13-10-14-18-24/h9-20,26-28H,21-22H2,1-8H3,(H,35,37,38)/t26-,27+,28-,32-/m1/s1. The number of nitrogens with one attached hydrogen (secondary N) is 1. The summed E-state index contributed by atoms with van der Waals surface area (Å²) in [5, 5.41) is 1.53. The van der Waals surface area contributed by atoms with Crippen molar-refractivity contribution < 1.29 is 18.0 Å². The van der Waals surface area contributed by atoms with Crippen molar-refractivity contribution >= 4 is 38.6 Å². The molecule has 1 saturated heterocycles. The van der Waals surface area contributed by atoms with Gasteiger partial charge in [0.2, 0.25) is 0 Å². The van der Waals surface area contributed by atoms with E-state index in [-0.39, 0.29) is 22.6 Å². The zero-order chi connectivity index (χ0) is 31.8. The maximum Gasteiger partial charge on any atom is 0.330 e. The molecule has 0 unspecified atom stereocenters. The lowest BCUT2D eigenvalue weighted by molar-refractivity contribution is -0.109. The van der Waals surface area contributed by atoms with Crippen LogP contribution in [-0.4, -0.2) is 56.5 Å². The fraction of sp³-hybridized carbons (Fsp3) is 0.500. The summed E-state index contributed by atoms with van der Waals surface area (Å²) in [4.78, 5) is 26.8. The highest BCUT2D eigenvalue weighted by molar-refractivity contribution is 6.99. The molecule has 1 aliphatic heterocycles. The minimum Gasteiger partial charge on any atom is -0.408 e. The number of halogens is 2. The van der Waals surface area contributed by atoms with E-state index in [1.807, 2.05) is 49.5 Å². The summed E-state index contributed by atoms with van der Waals surface area (Å²) in [6.07, 6.45) is -3.03. The van der Waals surface area contributed by atoms with E-state index < -0.39 is 52.0 Å². The van der Waals surface area contributed by atoms with Crippen LogP contribution in [0.1, 0.15) is 47.8 Å². The number of hydrogen-bond donors (Lipinski definition) is 1. The second-order valence-corrected chi connectivity index (χ2v) is 23.2. The van der Waals surface area contributed by atoms with Crippen LogP contribution in [0.4, 0.5) is 4.39 Å². The molecular weight excluding hydrogens is 603 g/mol. The Morgan fingerprint density at radius 3 is 1.91 bits per heavy atom. The monoisotopic (exact) mass is 646 g/mol. The molecule has 1 N–H and O–H groups in total. The van der Waals surface area contributed by atoms with Gasteiger partial charge in [-0.25, -0.2) is 9.18 Å². The smallest absolute Gasteiger partial charge is 0.330 e. The van der Waals surface area contributed by atoms with Crippen LogP contribution >= 0.6 is 11.6 Å². The number of H-pyrrole nitrogens is 1. The molecule has 1 aliphatic rings. The van der Waals surface area contributed by atoms with Gasteiger partial charge in [-0.2, -0.15) is 0 Å². The minimum atomic E-state index is -3.07. The van der Waals surface area contributed by atoms with Crippen molar-refractivity contribution in [2.24, 2.45) is 0 Å². The first-order valence-electron chi connectivity index (χ1n) is 14.6. The van der Waals surface area contributed by atoms with Gasteiger partial charge in [0.05, 0.1) is 12.5 Å². The van der Waals surface area contributed by atoms with Gasteiger partial charge in [-0.1, -0.05) is 102 Å². The number of aromatic amines is 1. The predicted octanol–water partition coefficient (Wildman–Crippen LogP) is 5.35. The van der Waals surface area contributed by atoms with Gasteiger partial charge >= 0.3 is 5.69 Å². The molecule has 1 aromatic heterocycles. The second-order valence-electron chi connectivity index (χ2n) is 13.9. The number of aromatic nitrogens is 2. The molecule has 4 rings (SSSR count). The van der Waals surface area contributed by atoms with Gasteiger partial charge in [-0.05, 0) is 33.5 Å². The largest absolute Gasteiger partial charge is 0.408 e. The molecule has 7 nitrogen and oxygen atoms in total. The molecule has 0 bridgehead atoms. The Hall–Kier alpha value is -2.35. The van der Waals surface area contributed by atoms with Crippen LogP contribution in [0.5, 0.6) is 0 Å². The number of hydrogen-bond acceptors (Lipinski definition) is 5. The van der Waals surface area contributed by atoms with Crippen molar-refractivity contribution in [3.63, 3.8) is 0 Å². The molecule has 4 atom stereocenters. The summed E-state index contributed by atoms with van der Waals surface area (Å²) in [6, 6.07) is 21.4. The third-order valence-electron chi connectivity index (χ3n) is 8.96. The van der Waals surface area contributed by atoms with Crippen LogP contribution in [0.3, 0.4) is 0 Å². The maximum absolute atomic E-state index is 16.7. The highest BCUT2D eigenvalue weighted by Gasteiger charge is 2.61. The Balaban J connectivity index is 1.87. The number of ether oxygens (including phenoxy) is 1. The predicted molar refractivity (Wildman–Crippen MR) is 175 cm³/mol. The van der Waals surface area contributed by atoms with Crippen molar-refractivity contribution in [3.8, 4) is 0 Å². The van der Waals surface area contributed by atoms with Crippen molar-refractivity contribution in [3.05, 3.63) is 93.8 Å². The second kappa shape index (κ2) is 12.2. The number of nitrogens with zero attached hydrogens (tertiary/aromatic N) is 1. The van der Waals surface area contributed by atoms with Crippen molar-refractivity contribution in [2.45, 2.75) is 88.8 Å². The lowest BCUT2D eigenvalue weighted by Gasteiger charge is -2.47. The summed E-state index contributed by atoms with van der Waals surface area (Å²) < 4.78 is 38.3. The summed E-state index contributed by atoms with van der Waals surface area (Å²) in [6.45, 7) is 16.7. The van der Waals surface area contributed by atoms with E-state index in [1.165, 1.54) is 12.3 Å². The summed E-state index contributed by atoms with van der Waals surface area (Å²) >= 11 is 6.75. The third kappa shape index (κ3) is 6.28. The van der Waals surface area contributed by atoms with Crippen molar-refractivity contribution in [1.82, 2.24) is 9.55 Å². The Morgan fingerprint density at radius 1 is 0.930 bits per heavy atom. The highest BCUT2D eigenvalue weighted by Crippen LogP contribution is 2.47. The Morgan fingerprint density at radius 2 is 1.47 bits per heavy atom. The molecule has 1 fully saturated rings. The molecule has 0 amide bonds. The number of benzene rings is 2. The van der Waals surface area contributed by atoms with Gasteiger partial charge in [0, 0.05) is 12.3 Å². The van der Waals surface area contributed by atoms with E-state index in [9.17, 15) is 9.59 Å². The molecule has 234 valence electrons. The molecule has 2 heterocycles. The van der Waals surface area contributed by atoms with Crippen LogP contribution in [0.25, 0.3) is 0 Å². The average molecular weight is 647 g/mol. The lowest BCUT2D eigenvalue weighted by atomic mass is 9.99. The topological polar surface area (TPSA) is 82.6 Å². The number of rotatable bonds is 9. The molecule has 11 heteroatoms. The lowest BCUT2D eigenvalue weighted by Crippen LogP contribution is -2.68. The SMILES string of the molecule is CC(C)(C)[Si](C)(C)O[C@H]1[C@@H](F)[C@H](n2ccc(=O)[nH]c2=O)O[C@]1(CCl)CO[Si](c1ccccc1)(c1ccccc1)C(C)(C)C. The fourth-order valence-electron chi connectivity index (χ4n) is 5.57. The van der Waals surface area contributed by atoms with Crippen LogP contribution in [0.2, 0.25) is 23.2 Å². The molecule has 43 heavy (non-hydrogen) atoms. The van der Waals surface area contributed by atoms with Crippen molar-refractivity contribution in [2.75, 3.05) is 12.5 Å². The van der Waals surface area contributed by atoms with Crippen molar-refractivity contribution in [1.29, 1.82) is 0 Å². The molecule has 0 saturated carbocycles. The number of alkyl halides is 2. The molecular formula is C32H44ClFN2O5Si2. The van der Waals surface area contributed by atoms with E-state index in [0.29, 0.717) is 0 Å². The maximum atomic E-state index is 16.7. The molecule has 0 aliphatic carbocycles. The molecule has 0 radical (unpaired) electrons. The van der Waals surface area contributed by atoms with Crippen LogP contribution in [0.15, 0.2) is 82.5 Å². The first-order chi connectivity index (χ1) is 20.0. The zero-order valence-electron chi connectivity index (χ0n) is 26.3. The first-order valence-corrected chi connectivity index (χ1v) is 20.0. The molecule has 0 spiro atoms. The fourth-order valence-corrected chi connectivity index (χ4v) is 11.8. The van der Waals surface area contributed by atoms with Gasteiger partial charge < -0.3 is 13.6 Å². The van der Waals surface area contributed by atoms with Crippen LogP contribution < -0.4 is 21.6 Å². The van der Waals surface area contributed by atoms with Crippen LogP contribution in [-0.2, 0) is 13.6 Å². The van der Waals surface area contributed by atoms with Gasteiger partial charge in [-0.15, -0.1) is 11.6 Å². The third-order valence-corrected chi connectivity index (χ3v) is 18.9. The quantitative estimate of drug-likeness (QED) is 0.251. The average Bonchev–Trinajstić information content (AvgIpc) is 3.20.